The standard InChI is InChI=1S/C14H11NO2/c15-14(13(16)17)11-7-3-1-5-9(11)10-6-2-4-8-12(10)14/h1-8H,15H2,(H,16,17). The molecule has 3 N–H and O–H groups in total. The Hall–Kier alpha value is -2.13. The SMILES string of the molecule is NC1(C(=O)O)c2ccccc2-c2ccccc21. The molecule has 0 spiro atoms. The smallest absolute Gasteiger partial charge is 0.333 e. The van der Waals surface area contributed by atoms with E-state index in [0.717, 1.165) is 11.1 Å². The molecule has 1 aliphatic carbocycles. The Balaban J connectivity index is 2.43. The number of nitrogens with two attached hydrogens (primary N) is 1. The summed E-state index contributed by atoms with van der Waals surface area (Å²) in [6.45, 7) is 0. The first-order valence-electron chi connectivity index (χ1n) is 5.37. The van der Waals surface area contributed by atoms with Gasteiger partial charge in [-0.3, -0.25) is 0 Å². The van der Waals surface area contributed by atoms with Crippen LogP contribution < -0.4 is 5.73 Å². The molecule has 3 heteroatoms. The molecule has 3 nitrogen and oxygen atoms in total. The second kappa shape index (κ2) is 3.18. The summed E-state index contributed by atoms with van der Waals surface area (Å²) in [4.78, 5) is 11.5. The van der Waals surface area contributed by atoms with Crippen LogP contribution in [0.3, 0.4) is 0 Å². The highest BCUT2D eigenvalue weighted by Crippen LogP contribution is 2.45. The molecule has 1 aliphatic rings. The van der Waals surface area contributed by atoms with Crippen molar-refractivity contribution in [1.82, 2.24) is 0 Å². The number of hydrogen-bond acceptors (Lipinski definition) is 2. The third-order valence-corrected chi connectivity index (χ3v) is 3.33. The maximum Gasteiger partial charge on any atom is 0.333 e. The number of rotatable bonds is 1. The minimum Gasteiger partial charge on any atom is -0.479 e. The highest BCUT2D eigenvalue weighted by atomic mass is 16.4. The topological polar surface area (TPSA) is 63.3 Å². The molecule has 0 heterocycles. The van der Waals surface area contributed by atoms with Gasteiger partial charge < -0.3 is 10.8 Å². The van der Waals surface area contributed by atoms with Crippen molar-refractivity contribution in [2.75, 3.05) is 0 Å². The Bertz CT molecular complexity index is 574. The van der Waals surface area contributed by atoms with Crippen molar-refractivity contribution in [1.29, 1.82) is 0 Å². The van der Waals surface area contributed by atoms with E-state index in [1.165, 1.54) is 0 Å². The molecule has 2 aromatic carbocycles. The zero-order valence-corrected chi connectivity index (χ0v) is 9.05. The lowest BCUT2D eigenvalue weighted by Gasteiger charge is -2.21. The summed E-state index contributed by atoms with van der Waals surface area (Å²) in [6, 6.07) is 14.8. The molecule has 17 heavy (non-hydrogen) atoms. The Morgan fingerprint density at radius 3 is 1.76 bits per heavy atom. The third-order valence-electron chi connectivity index (χ3n) is 3.33. The van der Waals surface area contributed by atoms with Gasteiger partial charge in [-0.15, -0.1) is 0 Å². The van der Waals surface area contributed by atoms with Crippen LogP contribution in [0.5, 0.6) is 0 Å². The molecule has 0 aliphatic heterocycles. The largest absolute Gasteiger partial charge is 0.479 e. The van der Waals surface area contributed by atoms with Crippen molar-refractivity contribution >= 4 is 5.97 Å². The van der Waals surface area contributed by atoms with Gasteiger partial charge in [-0.05, 0) is 22.3 Å². The number of benzene rings is 2. The van der Waals surface area contributed by atoms with Crippen molar-refractivity contribution in [3.05, 3.63) is 59.7 Å². The first-order chi connectivity index (χ1) is 8.15. The summed E-state index contributed by atoms with van der Waals surface area (Å²) in [6.07, 6.45) is 0. The summed E-state index contributed by atoms with van der Waals surface area (Å²) in [5, 5.41) is 9.44. The fraction of sp³-hybridized carbons (Fsp3) is 0.0714. The first-order valence-corrected chi connectivity index (χ1v) is 5.37. The van der Waals surface area contributed by atoms with E-state index in [4.69, 9.17) is 5.73 Å². The van der Waals surface area contributed by atoms with Crippen molar-refractivity contribution in [3.8, 4) is 11.1 Å². The van der Waals surface area contributed by atoms with Crippen LogP contribution in [0.25, 0.3) is 11.1 Å². The molecule has 3 rings (SSSR count). The molecule has 0 aromatic heterocycles. The predicted octanol–water partition coefficient (Wildman–Crippen LogP) is 1.95. The maximum atomic E-state index is 11.5. The highest BCUT2D eigenvalue weighted by Gasteiger charge is 2.45. The Morgan fingerprint density at radius 2 is 1.35 bits per heavy atom. The molecule has 0 saturated heterocycles. The quantitative estimate of drug-likeness (QED) is 0.779. The van der Waals surface area contributed by atoms with Gasteiger partial charge >= 0.3 is 5.97 Å². The van der Waals surface area contributed by atoms with Gasteiger partial charge in [0.15, 0.2) is 5.54 Å². The molecule has 0 atom stereocenters. The fourth-order valence-electron chi connectivity index (χ4n) is 2.50. The lowest BCUT2D eigenvalue weighted by Crippen LogP contribution is -2.44. The Labute approximate surface area is 98.5 Å². The first kappa shape index (κ1) is 10.1. The predicted molar refractivity (Wildman–Crippen MR) is 64.5 cm³/mol. The van der Waals surface area contributed by atoms with Crippen LogP contribution in [0.4, 0.5) is 0 Å². The number of carboxylic acids is 1. The van der Waals surface area contributed by atoms with Gasteiger partial charge in [0.25, 0.3) is 0 Å². The van der Waals surface area contributed by atoms with Gasteiger partial charge in [0.1, 0.15) is 0 Å². The van der Waals surface area contributed by atoms with Crippen molar-refractivity contribution < 1.29 is 9.90 Å². The molecule has 0 radical (unpaired) electrons. The van der Waals surface area contributed by atoms with E-state index >= 15 is 0 Å². The normalized spacial score (nSPS) is 15.1. The van der Waals surface area contributed by atoms with E-state index in [-0.39, 0.29) is 0 Å². The lowest BCUT2D eigenvalue weighted by atomic mass is 9.89. The average Bonchev–Trinajstić information content (AvgIpc) is 2.63. The van der Waals surface area contributed by atoms with Crippen molar-refractivity contribution in [3.63, 3.8) is 0 Å². The number of carbonyl (C=O) groups is 1. The van der Waals surface area contributed by atoms with Crippen LogP contribution in [0.2, 0.25) is 0 Å². The molecule has 0 unspecified atom stereocenters. The summed E-state index contributed by atoms with van der Waals surface area (Å²) in [7, 11) is 0. The van der Waals surface area contributed by atoms with Crippen LogP contribution in [0.1, 0.15) is 11.1 Å². The van der Waals surface area contributed by atoms with E-state index in [1.54, 1.807) is 12.1 Å². The van der Waals surface area contributed by atoms with Gasteiger partial charge in [0.2, 0.25) is 0 Å². The second-order valence-corrected chi connectivity index (χ2v) is 4.20. The van der Waals surface area contributed by atoms with Crippen LogP contribution >= 0.6 is 0 Å². The second-order valence-electron chi connectivity index (χ2n) is 4.20. The van der Waals surface area contributed by atoms with Crippen LogP contribution in [0.15, 0.2) is 48.5 Å². The summed E-state index contributed by atoms with van der Waals surface area (Å²) < 4.78 is 0. The number of carboxylic acid groups (broad SMARTS) is 1. The molecule has 0 amide bonds. The molecule has 0 bridgehead atoms. The molecule has 0 fully saturated rings. The van der Waals surface area contributed by atoms with E-state index < -0.39 is 11.5 Å². The number of aliphatic carboxylic acids is 1. The number of hydrogen-bond donors (Lipinski definition) is 2. The van der Waals surface area contributed by atoms with E-state index in [9.17, 15) is 9.90 Å². The minimum absolute atomic E-state index is 0.661. The van der Waals surface area contributed by atoms with E-state index in [0.29, 0.717) is 11.1 Å². The summed E-state index contributed by atoms with van der Waals surface area (Å²) >= 11 is 0. The van der Waals surface area contributed by atoms with Crippen LogP contribution in [-0.4, -0.2) is 11.1 Å². The van der Waals surface area contributed by atoms with Crippen molar-refractivity contribution in [2.45, 2.75) is 5.54 Å². The number of fused-ring (bicyclic) bond motifs is 3. The molecule has 0 saturated carbocycles. The van der Waals surface area contributed by atoms with Gasteiger partial charge in [-0.1, -0.05) is 48.5 Å². The summed E-state index contributed by atoms with van der Waals surface area (Å²) in [5.74, 6) is -1.02. The van der Waals surface area contributed by atoms with Gasteiger partial charge in [0.05, 0.1) is 0 Å². The summed E-state index contributed by atoms with van der Waals surface area (Å²) in [5.41, 5.74) is 7.84. The van der Waals surface area contributed by atoms with Gasteiger partial charge in [-0.25, -0.2) is 4.79 Å². The zero-order valence-electron chi connectivity index (χ0n) is 9.05. The molecular weight excluding hydrogens is 214 g/mol. The van der Waals surface area contributed by atoms with Gasteiger partial charge in [-0.2, -0.15) is 0 Å². The average molecular weight is 225 g/mol. The third kappa shape index (κ3) is 1.11. The molecular formula is C14H11NO2. The minimum atomic E-state index is -1.42. The maximum absolute atomic E-state index is 11.5. The highest BCUT2D eigenvalue weighted by molar-refractivity contribution is 5.96. The van der Waals surface area contributed by atoms with E-state index in [1.807, 2.05) is 36.4 Å². The molecule has 84 valence electrons. The Kier molecular flexibility index (Phi) is 1.88. The monoisotopic (exact) mass is 225 g/mol. The van der Waals surface area contributed by atoms with Crippen LogP contribution in [-0.2, 0) is 10.3 Å². The van der Waals surface area contributed by atoms with Crippen LogP contribution in [0, 0.1) is 0 Å². The zero-order chi connectivity index (χ0) is 12.0. The van der Waals surface area contributed by atoms with Gasteiger partial charge in [0, 0.05) is 0 Å². The molecule has 2 aromatic rings. The lowest BCUT2D eigenvalue weighted by molar-refractivity contribution is -0.141. The fourth-order valence-corrected chi connectivity index (χ4v) is 2.50. The van der Waals surface area contributed by atoms with Crippen molar-refractivity contribution in [2.24, 2.45) is 5.73 Å². The van der Waals surface area contributed by atoms with E-state index in [2.05, 4.69) is 0 Å². The Morgan fingerprint density at radius 1 is 0.941 bits per heavy atom.